The van der Waals surface area contributed by atoms with E-state index in [1.807, 2.05) is 31.2 Å². The second-order valence-electron chi connectivity index (χ2n) is 6.12. The van der Waals surface area contributed by atoms with Crippen molar-refractivity contribution in [3.05, 3.63) is 65.2 Å². The van der Waals surface area contributed by atoms with Crippen molar-refractivity contribution in [3.63, 3.8) is 0 Å². The monoisotopic (exact) mass is 428 g/mol. The van der Waals surface area contributed by atoms with Crippen molar-refractivity contribution in [2.24, 2.45) is 0 Å². The van der Waals surface area contributed by atoms with Gasteiger partial charge in [0.1, 0.15) is 0 Å². The van der Waals surface area contributed by atoms with E-state index in [1.165, 1.54) is 35.8 Å². The molecule has 0 aliphatic carbocycles. The lowest BCUT2D eigenvalue weighted by molar-refractivity contribution is -0.118. The number of aromatic nitrogens is 2. The summed E-state index contributed by atoms with van der Waals surface area (Å²) in [7, 11) is 1.34. The SMILES string of the molecule is COC(=O)c1ccc(CNC(=O)CSc2nnc(Nc3ccc(C)cc3)s2)cc1. The van der Waals surface area contributed by atoms with E-state index >= 15 is 0 Å². The molecule has 0 saturated carbocycles. The van der Waals surface area contributed by atoms with Gasteiger partial charge in [0, 0.05) is 12.2 Å². The van der Waals surface area contributed by atoms with E-state index in [0.29, 0.717) is 17.2 Å². The van der Waals surface area contributed by atoms with Gasteiger partial charge in [0.25, 0.3) is 0 Å². The summed E-state index contributed by atoms with van der Waals surface area (Å²) >= 11 is 2.74. The third kappa shape index (κ3) is 6.30. The summed E-state index contributed by atoms with van der Waals surface area (Å²) in [6.07, 6.45) is 0. The van der Waals surface area contributed by atoms with Gasteiger partial charge in [-0.2, -0.15) is 0 Å². The molecule has 29 heavy (non-hydrogen) atoms. The number of hydrogen-bond acceptors (Lipinski definition) is 8. The number of ether oxygens (including phenoxy) is 1. The lowest BCUT2D eigenvalue weighted by Gasteiger charge is -2.05. The summed E-state index contributed by atoms with van der Waals surface area (Å²) in [5.74, 6) is -0.236. The van der Waals surface area contributed by atoms with E-state index in [1.54, 1.807) is 24.3 Å². The molecule has 0 atom stereocenters. The minimum atomic E-state index is -0.384. The van der Waals surface area contributed by atoms with Crippen LogP contribution >= 0.6 is 23.1 Å². The molecular weight excluding hydrogens is 408 g/mol. The highest BCUT2D eigenvalue weighted by Crippen LogP contribution is 2.27. The molecule has 1 amide bonds. The summed E-state index contributed by atoms with van der Waals surface area (Å²) in [5, 5.41) is 14.9. The van der Waals surface area contributed by atoms with Gasteiger partial charge in [0.2, 0.25) is 11.0 Å². The second-order valence-corrected chi connectivity index (χ2v) is 8.32. The molecule has 9 heteroatoms. The Bertz CT molecular complexity index is 972. The van der Waals surface area contributed by atoms with Crippen molar-refractivity contribution in [1.29, 1.82) is 0 Å². The zero-order chi connectivity index (χ0) is 20.6. The molecule has 0 spiro atoms. The van der Waals surface area contributed by atoms with Gasteiger partial charge in [0.15, 0.2) is 4.34 Å². The number of anilines is 2. The molecule has 150 valence electrons. The fraction of sp³-hybridized carbons (Fsp3) is 0.200. The van der Waals surface area contributed by atoms with Gasteiger partial charge >= 0.3 is 5.97 Å². The number of nitrogens with zero attached hydrogens (tertiary/aromatic N) is 2. The Kier molecular flexibility index (Phi) is 7.20. The molecule has 3 aromatic rings. The average molecular weight is 429 g/mol. The lowest BCUT2D eigenvalue weighted by Crippen LogP contribution is -2.24. The first-order valence-corrected chi connectivity index (χ1v) is 10.6. The number of rotatable bonds is 8. The zero-order valence-corrected chi connectivity index (χ0v) is 17.6. The summed E-state index contributed by atoms with van der Waals surface area (Å²) in [5.41, 5.74) is 3.51. The van der Waals surface area contributed by atoms with E-state index in [4.69, 9.17) is 0 Å². The van der Waals surface area contributed by atoms with E-state index in [-0.39, 0.29) is 17.6 Å². The Morgan fingerprint density at radius 1 is 1.07 bits per heavy atom. The smallest absolute Gasteiger partial charge is 0.337 e. The summed E-state index contributed by atoms with van der Waals surface area (Å²) in [4.78, 5) is 23.5. The van der Waals surface area contributed by atoms with Crippen LogP contribution in [0.1, 0.15) is 21.5 Å². The van der Waals surface area contributed by atoms with Gasteiger partial charge in [-0.3, -0.25) is 4.79 Å². The van der Waals surface area contributed by atoms with Gasteiger partial charge < -0.3 is 15.4 Å². The number of aryl methyl sites for hydroxylation is 1. The van der Waals surface area contributed by atoms with Gasteiger partial charge in [-0.25, -0.2) is 4.79 Å². The molecule has 3 rings (SSSR count). The van der Waals surface area contributed by atoms with Crippen molar-refractivity contribution in [2.75, 3.05) is 18.2 Å². The van der Waals surface area contributed by atoms with Crippen LogP contribution in [0, 0.1) is 6.92 Å². The largest absolute Gasteiger partial charge is 0.465 e. The first kappa shape index (κ1) is 20.8. The van der Waals surface area contributed by atoms with Crippen molar-refractivity contribution in [1.82, 2.24) is 15.5 Å². The second kappa shape index (κ2) is 10.0. The number of carbonyl (C=O) groups is 2. The number of benzene rings is 2. The number of methoxy groups -OCH3 is 1. The Morgan fingerprint density at radius 3 is 2.48 bits per heavy atom. The number of carbonyl (C=O) groups excluding carboxylic acids is 2. The molecule has 1 heterocycles. The molecule has 0 unspecified atom stereocenters. The minimum absolute atomic E-state index is 0.102. The van der Waals surface area contributed by atoms with Crippen molar-refractivity contribution in [2.45, 2.75) is 17.8 Å². The molecule has 2 N–H and O–H groups in total. The number of nitrogens with one attached hydrogen (secondary N) is 2. The van der Waals surface area contributed by atoms with Crippen LogP contribution in [-0.4, -0.2) is 34.9 Å². The van der Waals surface area contributed by atoms with Gasteiger partial charge in [-0.05, 0) is 36.8 Å². The average Bonchev–Trinajstić information content (AvgIpc) is 3.19. The molecule has 0 fully saturated rings. The Morgan fingerprint density at radius 2 is 1.79 bits per heavy atom. The van der Waals surface area contributed by atoms with Gasteiger partial charge in [-0.15, -0.1) is 10.2 Å². The first-order chi connectivity index (χ1) is 14.0. The van der Waals surface area contributed by atoms with Crippen LogP contribution in [0.4, 0.5) is 10.8 Å². The van der Waals surface area contributed by atoms with E-state index in [9.17, 15) is 9.59 Å². The number of esters is 1. The van der Waals surface area contributed by atoms with Crippen LogP contribution in [0.15, 0.2) is 52.9 Å². The Labute approximate surface area is 176 Å². The molecule has 1 aromatic heterocycles. The molecule has 0 aliphatic rings. The van der Waals surface area contributed by atoms with Crippen LogP contribution in [-0.2, 0) is 16.1 Å². The maximum absolute atomic E-state index is 12.1. The predicted octanol–water partition coefficient (Wildman–Crippen LogP) is 3.79. The highest BCUT2D eigenvalue weighted by molar-refractivity contribution is 8.01. The van der Waals surface area contributed by atoms with Crippen LogP contribution in [0.3, 0.4) is 0 Å². The number of hydrogen-bond donors (Lipinski definition) is 2. The maximum Gasteiger partial charge on any atom is 0.337 e. The third-order valence-corrected chi connectivity index (χ3v) is 5.87. The maximum atomic E-state index is 12.1. The predicted molar refractivity (Wildman–Crippen MR) is 115 cm³/mol. The number of thioether (sulfide) groups is 1. The van der Waals surface area contributed by atoms with Crippen molar-refractivity contribution < 1.29 is 14.3 Å². The highest BCUT2D eigenvalue weighted by Gasteiger charge is 2.09. The first-order valence-electron chi connectivity index (χ1n) is 8.77. The molecule has 2 aromatic carbocycles. The van der Waals surface area contributed by atoms with E-state index in [0.717, 1.165) is 15.6 Å². The Hall–Kier alpha value is -2.91. The quantitative estimate of drug-likeness (QED) is 0.416. The molecule has 7 nitrogen and oxygen atoms in total. The standard InChI is InChI=1S/C20H20N4O3S2/c1-13-3-9-16(10-4-13)22-19-23-24-20(29-19)28-12-17(25)21-11-14-5-7-15(8-6-14)18(26)27-2/h3-10H,11-12H2,1-2H3,(H,21,25)(H,22,23). The lowest BCUT2D eigenvalue weighted by atomic mass is 10.1. The van der Waals surface area contributed by atoms with Gasteiger partial charge in [0.05, 0.1) is 18.4 Å². The van der Waals surface area contributed by atoms with Crippen LogP contribution in [0.5, 0.6) is 0 Å². The fourth-order valence-electron chi connectivity index (χ4n) is 2.33. The van der Waals surface area contributed by atoms with E-state index < -0.39 is 0 Å². The summed E-state index contributed by atoms with van der Waals surface area (Å²) in [6, 6.07) is 14.9. The third-order valence-electron chi connectivity index (χ3n) is 3.90. The molecular formula is C20H20N4O3S2. The Balaban J connectivity index is 1.43. The van der Waals surface area contributed by atoms with Crippen LogP contribution < -0.4 is 10.6 Å². The number of amides is 1. The summed E-state index contributed by atoms with van der Waals surface area (Å²) in [6.45, 7) is 2.42. The van der Waals surface area contributed by atoms with Gasteiger partial charge in [-0.1, -0.05) is 52.9 Å². The molecule has 0 radical (unpaired) electrons. The fourth-order valence-corrected chi connectivity index (χ4v) is 3.94. The minimum Gasteiger partial charge on any atom is -0.465 e. The normalized spacial score (nSPS) is 10.4. The van der Waals surface area contributed by atoms with E-state index in [2.05, 4.69) is 25.6 Å². The van der Waals surface area contributed by atoms with Crippen molar-refractivity contribution >= 4 is 45.8 Å². The molecule has 0 bridgehead atoms. The molecule has 0 saturated heterocycles. The summed E-state index contributed by atoms with van der Waals surface area (Å²) < 4.78 is 5.38. The highest BCUT2D eigenvalue weighted by atomic mass is 32.2. The van der Waals surface area contributed by atoms with Crippen LogP contribution in [0.25, 0.3) is 0 Å². The van der Waals surface area contributed by atoms with Crippen molar-refractivity contribution in [3.8, 4) is 0 Å². The molecule has 0 aliphatic heterocycles. The zero-order valence-electron chi connectivity index (χ0n) is 16.0. The van der Waals surface area contributed by atoms with Crippen LogP contribution in [0.2, 0.25) is 0 Å². The topological polar surface area (TPSA) is 93.2 Å².